The number of ether oxygens (including phenoxy) is 3. The molecular weight excluding hydrogens is 240 g/mol. The van der Waals surface area contributed by atoms with Crippen LogP contribution in [0.1, 0.15) is 32.1 Å². The quantitative estimate of drug-likeness (QED) is 0.814. The summed E-state index contributed by atoms with van der Waals surface area (Å²) in [7, 11) is 0. The summed E-state index contributed by atoms with van der Waals surface area (Å²) in [5.41, 5.74) is 0. The molecule has 1 saturated carbocycles. The molecule has 3 unspecified atom stereocenters. The van der Waals surface area contributed by atoms with Crippen LogP contribution in [0.4, 0.5) is 0 Å². The summed E-state index contributed by atoms with van der Waals surface area (Å²) in [4.78, 5) is 0. The Hall–Kier alpha value is -1.22. The Morgan fingerprint density at radius 2 is 1.79 bits per heavy atom. The smallest absolute Gasteiger partial charge is 0.119 e. The Morgan fingerprint density at radius 1 is 1.00 bits per heavy atom. The average molecular weight is 260 g/mol. The maximum atomic E-state index is 5.88. The van der Waals surface area contributed by atoms with Crippen LogP contribution in [0.15, 0.2) is 24.3 Å². The lowest BCUT2D eigenvalue weighted by molar-refractivity contribution is 0.0825. The van der Waals surface area contributed by atoms with Crippen LogP contribution in [-0.2, 0) is 4.74 Å². The summed E-state index contributed by atoms with van der Waals surface area (Å²) >= 11 is 0. The first kappa shape index (κ1) is 11.6. The van der Waals surface area contributed by atoms with E-state index < -0.39 is 0 Å². The van der Waals surface area contributed by atoms with Gasteiger partial charge in [0.1, 0.15) is 11.5 Å². The van der Waals surface area contributed by atoms with Crippen molar-refractivity contribution in [3.05, 3.63) is 24.3 Å². The van der Waals surface area contributed by atoms with E-state index in [1.54, 1.807) is 0 Å². The first-order valence-electron chi connectivity index (χ1n) is 7.42. The number of benzene rings is 1. The molecule has 1 aliphatic carbocycles. The fraction of sp³-hybridized carbons (Fsp3) is 0.625. The first-order chi connectivity index (χ1) is 9.37. The van der Waals surface area contributed by atoms with Crippen molar-refractivity contribution in [2.75, 3.05) is 6.61 Å². The van der Waals surface area contributed by atoms with E-state index in [0.29, 0.717) is 24.2 Å². The van der Waals surface area contributed by atoms with Crippen LogP contribution in [-0.4, -0.2) is 24.9 Å². The lowest BCUT2D eigenvalue weighted by atomic mass is 9.90. The van der Waals surface area contributed by atoms with Crippen molar-refractivity contribution >= 4 is 0 Å². The third-order valence-corrected chi connectivity index (χ3v) is 4.35. The van der Waals surface area contributed by atoms with Crippen LogP contribution in [0.2, 0.25) is 0 Å². The molecule has 1 aromatic carbocycles. The number of fused-ring (bicyclic) bond motifs is 2. The van der Waals surface area contributed by atoms with Gasteiger partial charge >= 0.3 is 0 Å². The standard InChI is InChI=1S/C16H20O3/c1-3-13(18-14-5-6-14)4-2-12(1)17-10-11-9-15-7-8-16(11)19-15/h1-4,11,14-16H,5-10H2. The van der Waals surface area contributed by atoms with Crippen LogP contribution >= 0.6 is 0 Å². The molecule has 3 heteroatoms. The highest BCUT2D eigenvalue weighted by Crippen LogP contribution is 2.39. The van der Waals surface area contributed by atoms with Gasteiger partial charge in [-0.15, -0.1) is 0 Å². The second kappa shape index (κ2) is 4.71. The van der Waals surface area contributed by atoms with Crippen molar-refractivity contribution in [1.82, 2.24) is 0 Å². The minimum Gasteiger partial charge on any atom is -0.493 e. The van der Waals surface area contributed by atoms with Crippen molar-refractivity contribution in [2.45, 2.75) is 50.4 Å². The zero-order valence-corrected chi connectivity index (χ0v) is 11.1. The topological polar surface area (TPSA) is 27.7 Å². The predicted octanol–water partition coefficient (Wildman–Crippen LogP) is 3.17. The van der Waals surface area contributed by atoms with Crippen molar-refractivity contribution in [1.29, 1.82) is 0 Å². The van der Waals surface area contributed by atoms with Gasteiger partial charge in [0.25, 0.3) is 0 Å². The zero-order chi connectivity index (χ0) is 12.7. The van der Waals surface area contributed by atoms with Crippen LogP contribution < -0.4 is 9.47 Å². The SMILES string of the molecule is c1cc(OC2CC2)ccc1OCC1CC2CCC1O2. The Balaban J connectivity index is 1.30. The lowest BCUT2D eigenvalue weighted by Gasteiger charge is -2.19. The number of hydrogen-bond donors (Lipinski definition) is 0. The molecular formula is C16H20O3. The summed E-state index contributed by atoms with van der Waals surface area (Å²) in [6.07, 6.45) is 7.44. The maximum absolute atomic E-state index is 5.88. The van der Waals surface area contributed by atoms with Crippen molar-refractivity contribution in [3.63, 3.8) is 0 Å². The molecule has 102 valence electrons. The van der Waals surface area contributed by atoms with E-state index in [2.05, 4.69) is 0 Å². The Bertz CT molecular complexity index is 438. The van der Waals surface area contributed by atoms with Gasteiger partial charge in [0.15, 0.2) is 0 Å². The monoisotopic (exact) mass is 260 g/mol. The van der Waals surface area contributed by atoms with Crippen LogP contribution in [0, 0.1) is 5.92 Å². The minimum atomic E-state index is 0.447. The molecule has 2 saturated heterocycles. The van der Waals surface area contributed by atoms with Crippen molar-refractivity contribution < 1.29 is 14.2 Å². The number of hydrogen-bond acceptors (Lipinski definition) is 3. The van der Waals surface area contributed by atoms with Crippen LogP contribution in [0.25, 0.3) is 0 Å². The molecule has 2 aliphatic heterocycles. The van der Waals surface area contributed by atoms with Gasteiger partial charge in [0, 0.05) is 5.92 Å². The molecule has 2 heterocycles. The molecule has 3 nitrogen and oxygen atoms in total. The number of rotatable bonds is 5. The first-order valence-corrected chi connectivity index (χ1v) is 7.42. The highest BCUT2D eigenvalue weighted by Gasteiger charge is 2.40. The Morgan fingerprint density at radius 3 is 2.42 bits per heavy atom. The second-order valence-electron chi connectivity index (χ2n) is 5.97. The van der Waals surface area contributed by atoms with Gasteiger partial charge in [-0.1, -0.05) is 0 Å². The van der Waals surface area contributed by atoms with Gasteiger partial charge < -0.3 is 14.2 Å². The molecule has 0 spiro atoms. The third-order valence-electron chi connectivity index (χ3n) is 4.35. The summed E-state index contributed by atoms with van der Waals surface area (Å²) in [5.74, 6) is 2.48. The highest BCUT2D eigenvalue weighted by atomic mass is 16.5. The van der Waals surface area contributed by atoms with Gasteiger partial charge in [0.2, 0.25) is 0 Å². The summed E-state index contributed by atoms with van der Waals surface area (Å²) < 4.78 is 17.4. The Labute approximate surface area is 113 Å². The summed E-state index contributed by atoms with van der Waals surface area (Å²) in [5, 5.41) is 0. The van der Waals surface area contributed by atoms with E-state index in [1.807, 2.05) is 24.3 Å². The van der Waals surface area contributed by atoms with Gasteiger partial charge in [-0.3, -0.25) is 0 Å². The van der Waals surface area contributed by atoms with Gasteiger partial charge in [-0.2, -0.15) is 0 Å². The van der Waals surface area contributed by atoms with Crippen LogP contribution in [0.5, 0.6) is 11.5 Å². The third kappa shape index (κ3) is 2.57. The highest BCUT2D eigenvalue weighted by molar-refractivity contribution is 5.31. The van der Waals surface area contributed by atoms with Crippen molar-refractivity contribution in [3.8, 4) is 11.5 Å². The predicted molar refractivity (Wildman–Crippen MR) is 71.6 cm³/mol. The molecule has 4 rings (SSSR count). The largest absolute Gasteiger partial charge is 0.493 e. The molecule has 0 radical (unpaired) electrons. The fourth-order valence-corrected chi connectivity index (χ4v) is 3.11. The van der Waals surface area contributed by atoms with E-state index in [9.17, 15) is 0 Å². The lowest BCUT2D eigenvalue weighted by Crippen LogP contribution is -2.23. The van der Waals surface area contributed by atoms with Gasteiger partial charge in [-0.25, -0.2) is 0 Å². The Kier molecular flexibility index (Phi) is 2.87. The van der Waals surface area contributed by atoms with E-state index in [0.717, 1.165) is 18.1 Å². The average Bonchev–Trinajstić information content (AvgIpc) is 3.01. The zero-order valence-electron chi connectivity index (χ0n) is 11.1. The van der Waals surface area contributed by atoms with E-state index in [1.165, 1.54) is 32.1 Å². The maximum Gasteiger partial charge on any atom is 0.119 e. The molecule has 1 aromatic rings. The van der Waals surface area contributed by atoms with Crippen molar-refractivity contribution in [2.24, 2.45) is 5.92 Å². The van der Waals surface area contributed by atoms with E-state index in [4.69, 9.17) is 14.2 Å². The molecule has 0 amide bonds. The molecule has 0 N–H and O–H groups in total. The van der Waals surface area contributed by atoms with E-state index >= 15 is 0 Å². The summed E-state index contributed by atoms with van der Waals surface area (Å²) in [6.45, 7) is 0.782. The molecule has 3 fully saturated rings. The molecule has 3 aliphatic rings. The van der Waals surface area contributed by atoms with E-state index in [-0.39, 0.29) is 0 Å². The molecule has 0 aromatic heterocycles. The fourth-order valence-electron chi connectivity index (χ4n) is 3.11. The van der Waals surface area contributed by atoms with Gasteiger partial charge in [-0.05, 0) is 56.4 Å². The minimum absolute atomic E-state index is 0.447. The normalized spacial score (nSPS) is 32.5. The van der Waals surface area contributed by atoms with Gasteiger partial charge in [0.05, 0.1) is 24.9 Å². The molecule has 19 heavy (non-hydrogen) atoms. The second-order valence-corrected chi connectivity index (χ2v) is 5.97. The van der Waals surface area contributed by atoms with Crippen LogP contribution in [0.3, 0.4) is 0 Å². The molecule has 2 bridgehead atoms. The molecule has 3 atom stereocenters. The summed E-state index contributed by atoms with van der Waals surface area (Å²) in [6, 6.07) is 8.02.